The highest BCUT2D eigenvalue weighted by molar-refractivity contribution is 7.98. The molecule has 0 aliphatic heterocycles. The minimum atomic E-state index is -4.37. The third-order valence-electron chi connectivity index (χ3n) is 3.73. The van der Waals surface area contributed by atoms with Crippen molar-refractivity contribution >= 4 is 29.0 Å². The normalized spacial score (nSPS) is 11.4. The minimum absolute atomic E-state index is 0.155. The first-order chi connectivity index (χ1) is 12.9. The van der Waals surface area contributed by atoms with Crippen LogP contribution < -0.4 is 5.32 Å². The Morgan fingerprint density at radius 3 is 2.52 bits per heavy atom. The number of carbonyl (C=O) groups is 1. The molecule has 140 valence electrons. The van der Waals surface area contributed by atoms with Crippen molar-refractivity contribution in [1.82, 2.24) is 10.3 Å². The zero-order chi connectivity index (χ0) is 19.3. The van der Waals surface area contributed by atoms with Crippen molar-refractivity contribution < 1.29 is 18.0 Å². The third-order valence-corrected chi connectivity index (χ3v) is 5.47. The first-order valence-corrected chi connectivity index (χ1v) is 9.89. The highest BCUT2D eigenvalue weighted by atomic mass is 32.2. The van der Waals surface area contributed by atoms with Gasteiger partial charge in [0.25, 0.3) is 5.91 Å². The maximum atomic E-state index is 12.6. The van der Waals surface area contributed by atoms with Gasteiger partial charge in [-0.3, -0.25) is 4.79 Å². The standard InChI is InChI=1S/C19H15F3N2OS2/c20-19(21,22)14-7-5-13(6-8-14)9-23-18(25)16-3-1-2-4-17(16)27-11-15-10-26-12-24-15/h1-8,10,12H,9,11H2,(H,23,25). The Balaban J connectivity index is 1.62. The van der Waals surface area contributed by atoms with Gasteiger partial charge in [-0.15, -0.1) is 23.1 Å². The van der Waals surface area contributed by atoms with E-state index < -0.39 is 11.7 Å². The molecular formula is C19H15F3N2OS2. The number of thiazole rings is 1. The van der Waals surface area contributed by atoms with E-state index in [4.69, 9.17) is 0 Å². The molecule has 3 rings (SSSR count). The van der Waals surface area contributed by atoms with Crippen molar-refractivity contribution in [2.45, 2.75) is 23.4 Å². The molecule has 0 fully saturated rings. The summed E-state index contributed by atoms with van der Waals surface area (Å²) in [4.78, 5) is 17.6. The lowest BCUT2D eigenvalue weighted by atomic mass is 10.1. The fraction of sp³-hybridized carbons (Fsp3) is 0.158. The van der Waals surface area contributed by atoms with Crippen LogP contribution in [0.5, 0.6) is 0 Å². The molecule has 0 aliphatic rings. The lowest BCUT2D eigenvalue weighted by molar-refractivity contribution is -0.137. The average molecular weight is 408 g/mol. The highest BCUT2D eigenvalue weighted by Gasteiger charge is 2.29. The molecule has 1 heterocycles. The van der Waals surface area contributed by atoms with E-state index in [9.17, 15) is 18.0 Å². The number of nitrogens with zero attached hydrogens (tertiary/aromatic N) is 1. The molecule has 0 spiro atoms. The van der Waals surface area contributed by atoms with Crippen LogP contribution in [0.1, 0.15) is 27.2 Å². The van der Waals surface area contributed by atoms with Crippen LogP contribution in [0.4, 0.5) is 13.2 Å². The molecule has 0 atom stereocenters. The summed E-state index contributed by atoms with van der Waals surface area (Å²) < 4.78 is 37.8. The van der Waals surface area contributed by atoms with Gasteiger partial charge >= 0.3 is 6.18 Å². The number of thioether (sulfide) groups is 1. The summed E-state index contributed by atoms with van der Waals surface area (Å²) in [6, 6.07) is 12.0. The van der Waals surface area contributed by atoms with Crippen LogP contribution >= 0.6 is 23.1 Å². The molecule has 8 heteroatoms. The van der Waals surface area contributed by atoms with Crippen molar-refractivity contribution in [3.8, 4) is 0 Å². The van der Waals surface area contributed by atoms with Gasteiger partial charge in [0, 0.05) is 22.6 Å². The quantitative estimate of drug-likeness (QED) is 0.557. The van der Waals surface area contributed by atoms with Gasteiger partial charge in [0.1, 0.15) is 0 Å². The predicted octanol–water partition coefficient (Wildman–Crippen LogP) is 5.38. The molecule has 3 nitrogen and oxygen atoms in total. The molecule has 0 bridgehead atoms. The van der Waals surface area contributed by atoms with E-state index in [0.717, 1.165) is 22.7 Å². The molecule has 0 radical (unpaired) electrons. The lowest BCUT2D eigenvalue weighted by Gasteiger charge is -2.11. The summed E-state index contributed by atoms with van der Waals surface area (Å²) in [5, 5.41) is 4.72. The van der Waals surface area contributed by atoms with Crippen LogP contribution in [0, 0.1) is 0 Å². The smallest absolute Gasteiger partial charge is 0.348 e. The fourth-order valence-electron chi connectivity index (χ4n) is 2.33. The molecule has 1 amide bonds. The maximum absolute atomic E-state index is 12.6. The van der Waals surface area contributed by atoms with Crippen molar-refractivity contribution in [1.29, 1.82) is 0 Å². The Kier molecular flexibility index (Phi) is 6.18. The van der Waals surface area contributed by atoms with E-state index in [0.29, 0.717) is 16.9 Å². The van der Waals surface area contributed by atoms with Gasteiger partial charge < -0.3 is 5.32 Å². The number of benzene rings is 2. The number of rotatable bonds is 6. The van der Waals surface area contributed by atoms with Gasteiger partial charge in [0.15, 0.2) is 0 Å². The third kappa shape index (κ3) is 5.33. The first kappa shape index (κ1) is 19.4. The van der Waals surface area contributed by atoms with E-state index in [1.807, 2.05) is 17.5 Å². The molecule has 3 aromatic rings. The van der Waals surface area contributed by atoms with Crippen molar-refractivity contribution in [2.75, 3.05) is 0 Å². The van der Waals surface area contributed by atoms with Crippen LogP contribution in [-0.4, -0.2) is 10.9 Å². The first-order valence-electron chi connectivity index (χ1n) is 7.97. The predicted molar refractivity (Wildman–Crippen MR) is 101 cm³/mol. The molecule has 27 heavy (non-hydrogen) atoms. The number of amides is 1. The van der Waals surface area contributed by atoms with E-state index >= 15 is 0 Å². The molecule has 0 saturated heterocycles. The number of carbonyl (C=O) groups excluding carboxylic acids is 1. The van der Waals surface area contributed by atoms with Gasteiger partial charge in [-0.05, 0) is 29.8 Å². The van der Waals surface area contributed by atoms with Gasteiger partial charge in [0.2, 0.25) is 0 Å². The summed E-state index contributed by atoms with van der Waals surface area (Å²) in [5.41, 5.74) is 3.14. The Hall–Kier alpha value is -2.32. The molecule has 1 N–H and O–H groups in total. The number of alkyl halides is 3. The summed E-state index contributed by atoms with van der Waals surface area (Å²) in [7, 11) is 0. The van der Waals surface area contributed by atoms with Crippen molar-refractivity contribution in [3.05, 3.63) is 81.8 Å². The number of halogens is 3. The van der Waals surface area contributed by atoms with E-state index in [-0.39, 0.29) is 12.5 Å². The van der Waals surface area contributed by atoms with Crippen molar-refractivity contribution in [2.24, 2.45) is 0 Å². The zero-order valence-electron chi connectivity index (χ0n) is 14.0. The second-order valence-electron chi connectivity index (χ2n) is 5.64. The summed E-state index contributed by atoms with van der Waals surface area (Å²) >= 11 is 3.04. The fourth-order valence-corrected chi connectivity index (χ4v) is 3.95. The second-order valence-corrected chi connectivity index (χ2v) is 7.38. The molecular weight excluding hydrogens is 393 g/mol. The van der Waals surface area contributed by atoms with Crippen LogP contribution in [0.2, 0.25) is 0 Å². The van der Waals surface area contributed by atoms with Gasteiger partial charge in [-0.1, -0.05) is 24.3 Å². The number of nitrogens with one attached hydrogen (secondary N) is 1. The average Bonchev–Trinajstić information content (AvgIpc) is 3.18. The summed E-state index contributed by atoms with van der Waals surface area (Å²) in [5.74, 6) is 0.392. The van der Waals surface area contributed by atoms with Crippen LogP contribution in [0.25, 0.3) is 0 Å². The maximum Gasteiger partial charge on any atom is 0.416 e. The van der Waals surface area contributed by atoms with Crippen molar-refractivity contribution in [3.63, 3.8) is 0 Å². The van der Waals surface area contributed by atoms with Gasteiger partial charge in [-0.2, -0.15) is 13.2 Å². The van der Waals surface area contributed by atoms with Crippen LogP contribution in [0.15, 0.2) is 64.3 Å². The molecule has 0 unspecified atom stereocenters. The van der Waals surface area contributed by atoms with Crippen LogP contribution in [0.3, 0.4) is 0 Å². The highest BCUT2D eigenvalue weighted by Crippen LogP contribution is 2.29. The number of aromatic nitrogens is 1. The molecule has 0 saturated carbocycles. The molecule has 0 aliphatic carbocycles. The van der Waals surface area contributed by atoms with Crippen LogP contribution in [-0.2, 0) is 18.5 Å². The Morgan fingerprint density at radius 1 is 1.11 bits per heavy atom. The zero-order valence-corrected chi connectivity index (χ0v) is 15.6. The Bertz CT molecular complexity index is 894. The topological polar surface area (TPSA) is 42.0 Å². The van der Waals surface area contributed by atoms with E-state index in [1.165, 1.54) is 35.2 Å². The Labute approximate surface area is 162 Å². The summed E-state index contributed by atoms with van der Waals surface area (Å²) in [6.07, 6.45) is -4.37. The second kappa shape index (κ2) is 8.58. The number of hydrogen-bond donors (Lipinski definition) is 1. The number of hydrogen-bond acceptors (Lipinski definition) is 4. The Morgan fingerprint density at radius 2 is 1.85 bits per heavy atom. The van der Waals surface area contributed by atoms with Gasteiger partial charge in [-0.25, -0.2) is 4.98 Å². The van der Waals surface area contributed by atoms with E-state index in [1.54, 1.807) is 17.6 Å². The largest absolute Gasteiger partial charge is 0.416 e. The van der Waals surface area contributed by atoms with Gasteiger partial charge in [0.05, 0.1) is 22.3 Å². The van der Waals surface area contributed by atoms with E-state index in [2.05, 4.69) is 10.3 Å². The summed E-state index contributed by atoms with van der Waals surface area (Å²) in [6.45, 7) is 0.155. The monoisotopic (exact) mass is 408 g/mol. The molecule has 2 aromatic carbocycles. The SMILES string of the molecule is O=C(NCc1ccc(C(F)(F)F)cc1)c1ccccc1SCc1cscn1. The minimum Gasteiger partial charge on any atom is -0.348 e. The lowest BCUT2D eigenvalue weighted by Crippen LogP contribution is -2.23. The molecule has 1 aromatic heterocycles.